The molecule has 5 heteroatoms. The fourth-order valence-electron chi connectivity index (χ4n) is 3.22. The molecule has 1 saturated heterocycles. The molecule has 0 saturated carbocycles. The van der Waals surface area contributed by atoms with Crippen molar-refractivity contribution >= 4 is 11.8 Å². The molecule has 1 heterocycles. The fraction of sp³-hybridized carbons (Fsp3) is 0.333. The topological polar surface area (TPSA) is 75.4 Å². The van der Waals surface area contributed by atoms with Gasteiger partial charge in [-0.3, -0.25) is 9.59 Å². The van der Waals surface area contributed by atoms with Crippen molar-refractivity contribution in [2.45, 2.75) is 38.4 Å². The van der Waals surface area contributed by atoms with E-state index < -0.39 is 0 Å². The molecule has 2 amide bonds. The average Bonchev–Trinajstić information content (AvgIpc) is 3.06. The van der Waals surface area contributed by atoms with Gasteiger partial charge in [0.1, 0.15) is 0 Å². The van der Waals surface area contributed by atoms with E-state index in [9.17, 15) is 9.59 Å². The zero-order chi connectivity index (χ0) is 18.4. The quantitative estimate of drug-likeness (QED) is 0.805. The molecule has 0 spiro atoms. The Hall–Kier alpha value is -2.66. The summed E-state index contributed by atoms with van der Waals surface area (Å²) >= 11 is 0. The number of amides is 2. The van der Waals surface area contributed by atoms with Gasteiger partial charge in [0.15, 0.2) is 0 Å². The van der Waals surface area contributed by atoms with Gasteiger partial charge in [-0.25, -0.2) is 0 Å². The molecule has 1 unspecified atom stereocenters. The average molecular weight is 351 g/mol. The van der Waals surface area contributed by atoms with Gasteiger partial charge in [0, 0.05) is 38.5 Å². The number of likely N-dealkylation sites (tertiary alicyclic amines) is 1. The van der Waals surface area contributed by atoms with E-state index in [0.717, 1.165) is 29.7 Å². The van der Waals surface area contributed by atoms with E-state index in [-0.39, 0.29) is 24.3 Å². The van der Waals surface area contributed by atoms with Crippen LogP contribution in [0.3, 0.4) is 0 Å². The number of rotatable bonds is 7. The Kier molecular flexibility index (Phi) is 6.02. The lowest BCUT2D eigenvalue weighted by molar-refractivity contribution is -0.128. The first-order chi connectivity index (χ1) is 12.6. The summed E-state index contributed by atoms with van der Waals surface area (Å²) < 4.78 is 0. The van der Waals surface area contributed by atoms with Crippen molar-refractivity contribution in [2.75, 3.05) is 6.54 Å². The maximum atomic E-state index is 12.2. The van der Waals surface area contributed by atoms with E-state index in [2.05, 4.69) is 5.32 Å². The smallest absolute Gasteiger partial charge is 0.222 e. The van der Waals surface area contributed by atoms with Crippen molar-refractivity contribution in [3.8, 4) is 0 Å². The Morgan fingerprint density at radius 3 is 2.62 bits per heavy atom. The molecule has 0 aromatic heterocycles. The first-order valence-corrected chi connectivity index (χ1v) is 9.04. The summed E-state index contributed by atoms with van der Waals surface area (Å²) in [5.74, 6) is 0.153. The van der Waals surface area contributed by atoms with E-state index in [1.807, 2.05) is 59.5 Å². The van der Waals surface area contributed by atoms with Gasteiger partial charge in [-0.2, -0.15) is 0 Å². The van der Waals surface area contributed by atoms with Crippen LogP contribution in [0.1, 0.15) is 42.0 Å². The van der Waals surface area contributed by atoms with Gasteiger partial charge in [0.05, 0.1) is 0 Å². The predicted octanol–water partition coefficient (Wildman–Crippen LogP) is 2.52. The molecular weight excluding hydrogens is 326 g/mol. The maximum Gasteiger partial charge on any atom is 0.222 e. The summed E-state index contributed by atoms with van der Waals surface area (Å²) in [6.45, 7) is 1.93. The van der Waals surface area contributed by atoms with Crippen molar-refractivity contribution in [1.29, 1.82) is 0 Å². The van der Waals surface area contributed by atoms with Crippen LogP contribution in [0.25, 0.3) is 0 Å². The number of nitrogens with zero attached hydrogens (tertiary/aromatic N) is 1. The second-order valence-corrected chi connectivity index (χ2v) is 6.74. The Balaban J connectivity index is 1.50. The maximum absolute atomic E-state index is 12.2. The number of nitrogens with two attached hydrogens (primary N) is 1. The Bertz CT molecular complexity index is 761. The SMILES string of the molecule is NC(CC(=O)NCc1cccc(CN2CCCC2=O)c1)c1ccccc1. The van der Waals surface area contributed by atoms with Gasteiger partial charge >= 0.3 is 0 Å². The molecule has 136 valence electrons. The van der Waals surface area contributed by atoms with Gasteiger partial charge in [0.2, 0.25) is 11.8 Å². The molecule has 3 rings (SSSR count). The summed E-state index contributed by atoms with van der Waals surface area (Å²) in [5.41, 5.74) is 9.17. The van der Waals surface area contributed by atoms with Crippen molar-refractivity contribution < 1.29 is 9.59 Å². The zero-order valence-electron chi connectivity index (χ0n) is 14.9. The number of nitrogens with one attached hydrogen (secondary N) is 1. The lowest BCUT2D eigenvalue weighted by Crippen LogP contribution is -2.27. The second kappa shape index (κ2) is 8.63. The van der Waals surface area contributed by atoms with Crippen molar-refractivity contribution in [3.63, 3.8) is 0 Å². The van der Waals surface area contributed by atoms with E-state index >= 15 is 0 Å². The van der Waals surface area contributed by atoms with Gasteiger partial charge < -0.3 is 16.0 Å². The van der Waals surface area contributed by atoms with Crippen LogP contribution in [-0.4, -0.2) is 23.3 Å². The Labute approximate surface area is 154 Å². The zero-order valence-corrected chi connectivity index (χ0v) is 14.9. The number of carbonyl (C=O) groups excluding carboxylic acids is 2. The highest BCUT2D eigenvalue weighted by Gasteiger charge is 2.20. The van der Waals surface area contributed by atoms with Crippen LogP contribution in [0.4, 0.5) is 0 Å². The fourth-order valence-corrected chi connectivity index (χ4v) is 3.22. The summed E-state index contributed by atoms with van der Waals surface area (Å²) in [7, 11) is 0. The van der Waals surface area contributed by atoms with Crippen molar-refractivity contribution in [3.05, 3.63) is 71.3 Å². The minimum atomic E-state index is -0.302. The normalized spacial score (nSPS) is 15.1. The molecule has 26 heavy (non-hydrogen) atoms. The highest BCUT2D eigenvalue weighted by Crippen LogP contribution is 2.16. The molecule has 0 aliphatic carbocycles. The molecule has 2 aromatic carbocycles. The molecule has 1 fully saturated rings. The monoisotopic (exact) mass is 351 g/mol. The van der Waals surface area contributed by atoms with E-state index in [0.29, 0.717) is 19.5 Å². The van der Waals surface area contributed by atoms with Crippen molar-refractivity contribution in [1.82, 2.24) is 10.2 Å². The van der Waals surface area contributed by atoms with E-state index in [1.165, 1.54) is 0 Å². The van der Waals surface area contributed by atoms with Crippen LogP contribution in [0.2, 0.25) is 0 Å². The number of benzene rings is 2. The number of hydrogen-bond donors (Lipinski definition) is 2. The summed E-state index contributed by atoms with van der Waals surface area (Å²) in [4.78, 5) is 25.8. The van der Waals surface area contributed by atoms with Crippen LogP contribution in [0.15, 0.2) is 54.6 Å². The molecule has 1 aliphatic rings. The van der Waals surface area contributed by atoms with Crippen LogP contribution in [-0.2, 0) is 22.7 Å². The van der Waals surface area contributed by atoms with Gasteiger partial charge in [-0.05, 0) is 23.1 Å². The summed E-state index contributed by atoms with van der Waals surface area (Å²) in [5, 5.41) is 2.93. The third-order valence-corrected chi connectivity index (χ3v) is 4.66. The van der Waals surface area contributed by atoms with Crippen LogP contribution in [0.5, 0.6) is 0 Å². The van der Waals surface area contributed by atoms with E-state index in [4.69, 9.17) is 5.73 Å². The first-order valence-electron chi connectivity index (χ1n) is 9.04. The highest BCUT2D eigenvalue weighted by molar-refractivity contribution is 5.78. The van der Waals surface area contributed by atoms with Crippen LogP contribution in [0, 0.1) is 0 Å². The third-order valence-electron chi connectivity index (χ3n) is 4.66. The van der Waals surface area contributed by atoms with Gasteiger partial charge in [-0.1, -0.05) is 54.6 Å². The molecule has 5 nitrogen and oxygen atoms in total. The van der Waals surface area contributed by atoms with Gasteiger partial charge in [0.25, 0.3) is 0 Å². The molecule has 1 atom stereocenters. The van der Waals surface area contributed by atoms with Crippen LogP contribution >= 0.6 is 0 Å². The van der Waals surface area contributed by atoms with Crippen LogP contribution < -0.4 is 11.1 Å². The minimum Gasteiger partial charge on any atom is -0.352 e. The molecule has 2 aromatic rings. The van der Waals surface area contributed by atoms with Crippen molar-refractivity contribution in [2.24, 2.45) is 5.73 Å². The van der Waals surface area contributed by atoms with Gasteiger partial charge in [-0.15, -0.1) is 0 Å². The number of carbonyl (C=O) groups is 2. The summed E-state index contributed by atoms with van der Waals surface area (Å²) in [6, 6.07) is 17.3. The lowest BCUT2D eigenvalue weighted by atomic mass is 10.0. The predicted molar refractivity (Wildman–Crippen MR) is 101 cm³/mol. The molecule has 3 N–H and O–H groups in total. The standard InChI is InChI=1S/C21H25N3O2/c22-19(18-8-2-1-3-9-18)13-20(25)23-14-16-6-4-7-17(12-16)15-24-11-5-10-21(24)26/h1-4,6-9,12,19H,5,10-11,13-15,22H2,(H,23,25). The highest BCUT2D eigenvalue weighted by atomic mass is 16.2. The largest absolute Gasteiger partial charge is 0.352 e. The molecule has 1 aliphatic heterocycles. The summed E-state index contributed by atoms with van der Waals surface area (Å²) in [6.07, 6.45) is 1.85. The Morgan fingerprint density at radius 1 is 1.12 bits per heavy atom. The molecule has 0 radical (unpaired) electrons. The minimum absolute atomic E-state index is 0.0681. The first kappa shape index (κ1) is 18.1. The molecule has 0 bridgehead atoms. The van der Waals surface area contributed by atoms with E-state index in [1.54, 1.807) is 0 Å². The lowest BCUT2D eigenvalue weighted by Gasteiger charge is -2.16. The number of hydrogen-bond acceptors (Lipinski definition) is 3. The molecular formula is C21H25N3O2. The Morgan fingerprint density at radius 2 is 1.88 bits per heavy atom. The second-order valence-electron chi connectivity index (χ2n) is 6.74. The third kappa shape index (κ3) is 4.92.